The van der Waals surface area contributed by atoms with Crippen LogP contribution in [0, 0.1) is 0 Å². The lowest BCUT2D eigenvalue weighted by Crippen LogP contribution is -2.01. The van der Waals surface area contributed by atoms with Gasteiger partial charge in [-0.2, -0.15) is 0 Å². The van der Waals surface area contributed by atoms with Crippen LogP contribution in [0.2, 0.25) is 0 Å². The molecule has 0 atom stereocenters. The number of carbonyl (C=O) groups is 1. The van der Waals surface area contributed by atoms with E-state index in [4.69, 9.17) is 10.8 Å². The van der Waals surface area contributed by atoms with Crippen molar-refractivity contribution in [3.8, 4) is 0 Å². The van der Waals surface area contributed by atoms with Gasteiger partial charge in [0.25, 0.3) is 0 Å². The summed E-state index contributed by atoms with van der Waals surface area (Å²) in [6.45, 7) is 0. The van der Waals surface area contributed by atoms with Gasteiger partial charge in [-0.05, 0) is 59.9 Å². The molecule has 0 amide bonds. The van der Waals surface area contributed by atoms with E-state index in [1.54, 1.807) is 11.8 Å². The molecule has 1 aliphatic carbocycles. The molecule has 0 unspecified atom stereocenters. The lowest BCUT2D eigenvalue weighted by molar-refractivity contribution is -0.136. The molecule has 0 heterocycles. The van der Waals surface area contributed by atoms with Crippen molar-refractivity contribution < 1.29 is 9.90 Å². The smallest absolute Gasteiger partial charge is 0.307 e. The number of nitrogens with two attached hydrogens (primary N) is 1. The second-order valence-electron chi connectivity index (χ2n) is 6.17. The van der Waals surface area contributed by atoms with E-state index < -0.39 is 5.97 Å². The molecule has 0 aromatic heterocycles. The topological polar surface area (TPSA) is 63.3 Å². The maximum Gasteiger partial charge on any atom is 0.307 e. The van der Waals surface area contributed by atoms with Crippen LogP contribution in [0.25, 0.3) is 0 Å². The number of hydrogen-bond donors (Lipinski definition) is 2. The summed E-state index contributed by atoms with van der Waals surface area (Å²) in [5.74, 6) is -0.819. The van der Waals surface area contributed by atoms with Crippen molar-refractivity contribution in [1.29, 1.82) is 0 Å². The van der Waals surface area contributed by atoms with Gasteiger partial charge in [-0.1, -0.05) is 54.2 Å². The van der Waals surface area contributed by atoms with Crippen molar-refractivity contribution in [1.82, 2.24) is 0 Å². The Hall–Kier alpha value is -2.72. The van der Waals surface area contributed by atoms with Crippen LogP contribution in [0.4, 0.5) is 5.69 Å². The van der Waals surface area contributed by atoms with Gasteiger partial charge in [0.2, 0.25) is 0 Å². The third kappa shape index (κ3) is 5.14. The number of aliphatic carboxylic acids is 1. The Balaban J connectivity index is 0.000000201. The molecular weight excluding hydrogens is 342 g/mol. The lowest BCUT2D eigenvalue weighted by atomic mass is 10.1. The van der Waals surface area contributed by atoms with Gasteiger partial charge in [0.15, 0.2) is 0 Å². The molecule has 132 valence electrons. The highest BCUT2D eigenvalue weighted by molar-refractivity contribution is 7.99. The highest BCUT2D eigenvalue weighted by atomic mass is 32.2. The fourth-order valence-electron chi connectivity index (χ4n) is 2.80. The van der Waals surface area contributed by atoms with Crippen molar-refractivity contribution in [3.05, 3.63) is 89.5 Å². The van der Waals surface area contributed by atoms with E-state index in [0.717, 1.165) is 21.0 Å². The summed E-state index contributed by atoms with van der Waals surface area (Å²) in [6, 6.07) is 23.9. The first-order valence-corrected chi connectivity index (χ1v) is 9.33. The Labute approximate surface area is 157 Å². The summed E-state index contributed by atoms with van der Waals surface area (Å²) in [5.41, 5.74) is 10.2. The SMILES string of the molecule is Nc1ccc(Sc2ccccc2CC(=O)O)cc1.c1cc2cc(c1)CC2. The van der Waals surface area contributed by atoms with E-state index >= 15 is 0 Å². The van der Waals surface area contributed by atoms with Crippen LogP contribution in [0.5, 0.6) is 0 Å². The fourth-order valence-corrected chi connectivity index (χ4v) is 3.75. The molecule has 4 rings (SSSR count). The predicted octanol–water partition coefficient (Wildman–Crippen LogP) is 4.83. The summed E-state index contributed by atoms with van der Waals surface area (Å²) in [7, 11) is 0. The van der Waals surface area contributed by atoms with Crippen molar-refractivity contribution in [2.45, 2.75) is 29.1 Å². The molecule has 0 spiro atoms. The minimum atomic E-state index is -0.819. The van der Waals surface area contributed by atoms with E-state index in [-0.39, 0.29) is 6.42 Å². The molecule has 3 aromatic rings. The Bertz CT molecular complexity index is 871. The van der Waals surface area contributed by atoms with Crippen LogP contribution in [0.15, 0.2) is 82.6 Å². The van der Waals surface area contributed by atoms with E-state index in [1.165, 1.54) is 24.0 Å². The van der Waals surface area contributed by atoms with Gasteiger partial charge in [0.1, 0.15) is 0 Å². The van der Waals surface area contributed by atoms with Crippen LogP contribution < -0.4 is 5.73 Å². The van der Waals surface area contributed by atoms with Gasteiger partial charge in [-0.25, -0.2) is 0 Å². The number of anilines is 1. The van der Waals surface area contributed by atoms with E-state index in [2.05, 4.69) is 24.3 Å². The molecule has 1 aliphatic rings. The highest BCUT2D eigenvalue weighted by Gasteiger charge is 2.07. The van der Waals surface area contributed by atoms with Crippen LogP contribution in [0.1, 0.15) is 16.7 Å². The van der Waals surface area contributed by atoms with Gasteiger partial charge in [0.05, 0.1) is 6.42 Å². The van der Waals surface area contributed by atoms with Crippen LogP contribution in [-0.2, 0) is 24.1 Å². The maximum absolute atomic E-state index is 10.8. The van der Waals surface area contributed by atoms with E-state index in [0.29, 0.717) is 0 Å². The number of carboxylic acids is 1. The van der Waals surface area contributed by atoms with Crippen LogP contribution in [0.3, 0.4) is 0 Å². The standard InChI is InChI=1S/C14H13NO2S.C8H8/c15-11-5-7-12(8-6-11)18-13-4-2-1-3-10(13)9-14(16)17;1-2-7-4-5-8(3-1)6-7/h1-8H,9,15H2,(H,16,17);1-3,6H,4-5H2. The number of hydrogen-bond acceptors (Lipinski definition) is 3. The first-order chi connectivity index (χ1) is 12.6. The summed E-state index contributed by atoms with van der Waals surface area (Å²) < 4.78 is 0. The van der Waals surface area contributed by atoms with Crippen molar-refractivity contribution in [2.75, 3.05) is 5.73 Å². The van der Waals surface area contributed by atoms with Crippen molar-refractivity contribution in [3.63, 3.8) is 0 Å². The van der Waals surface area contributed by atoms with Crippen LogP contribution in [-0.4, -0.2) is 11.1 Å². The first kappa shape index (κ1) is 18.1. The molecule has 3 nitrogen and oxygen atoms in total. The molecule has 2 bridgehead atoms. The molecule has 3 N–H and O–H groups in total. The van der Waals surface area contributed by atoms with E-state index in [1.807, 2.05) is 48.5 Å². The predicted molar refractivity (Wildman–Crippen MR) is 107 cm³/mol. The quantitative estimate of drug-likeness (QED) is 0.652. The van der Waals surface area contributed by atoms with E-state index in [9.17, 15) is 4.79 Å². The first-order valence-electron chi connectivity index (χ1n) is 8.51. The summed E-state index contributed by atoms with van der Waals surface area (Å²) in [5, 5.41) is 8.87. The molecular formula is C22H21NO2S. The van der Waals surface area contributed by atoms with Gasteiger partial charge in [-0.3, -0.25) is 4.79 Å². The second kappa shape index (κ2) is 8.59. The third-order valence-electron chi connectivity index (χ3n) is 4.12. The Morgan fingerprint density at radius 1 is 0.923 bits per heavy atom. The van der Waals surface area contributed by atoms with Gasteiger partial charge >= 0.3 is 5.97 Å². The maximum atomic E-state index is 10.8. The summed E-state index contributed by atoms with van der Waals surface area (Å²) in [6.07, 6.45) is 2.57. The average Bonchev–Trinajstić information content (AvgIpc) is 2.96. The second-order valence-corrected chi connectivity index (χ2v) is 7.28. The summed E-state index contributed by atoms with van der Waals surface area (Å²) in [4.78, 5) is 12.8. The number of fused-ring (bicyclic) bond motifs is 2. The molecule has 26 heavy (non-hydrogen) atoms. The normalized spacial score (nSPS) is 11.5. The number of nitrogen functional groups attached to an aromatic ring is 1. The average molecular weight is 363 g/mol. The highest BCUT2D eigenvalue weighted by Crippen LogP contribution is 2.31. The molecule has 0 aliphatic heterocycles. The molecule has 3 aromatic carbocycles. The molecule has 0 saturated heterocycles. The Kier molecular flexibility index (Phi) is 5.97. The van der Waals surface area contributed by atoms with Gasteiger partial charge < -0.3 is 10.8 Å². The number of carboxylic acid groups (broad SMARTS) is 1. The third-order valence-corrected chi connectivity index (χ3v) is 5.24. The van der Waals surface area contributed by atoms with Crippen molar-refractivity contribution >= 4 is 23.4 Å². The molecule has 0 radical (unpaired) electrons. The zero-order chi connectivity index (χ0) is 18.4. The Morgan fingerprint density at radius 2 is 1.58 bits per heavy atom. The minimum Gasteiger partial charge on any atom is -0.481 e. The minimum absolute atomic E-state index is 0.0398. The van der Waals surface area contributed by atoms with Crippen molar-refractivity contribution in [2.24, 2.45) is 0 Å². The summed E-state index contributed by atoms with van der Waals surface area (Å²) >= 11 is 1.55. The molecule has 0 saturated carbocycles. The molecule has 0 fully saturated rings. The monoisotopic (exact) mass is 363 g/mol. The Morgan fingerprint density at radius 3 is 2.19 bits per heavy atom. The molecule has 4 heteroatoms. The lowest BCUT2D eigenvalue weighted by Gasteiger charge is -2.07. The zero-order valence-corrected chi connectivity index (χ0v) is 15.2. The fraction of sp³-hybridized carbons (Fsp3) is 0.136. The number of rotatable bonds is 4. The zero-order valence-electron chi connectivity index (χ0n) is 14.4. The number of benzene rings is 3. The van der Waals surface area contributed by atoms with Crippen LogP contribution >= 0.6 is 11.8 Å². The van der Waals surface area contributed by atoms with Gasteiger partial charge in [0, 0.05) is 15.5 Å². The number of aryl methyl sites for hydroxylation is 2. The van der Waals surface area contributed by atoms with Gasteiger partial charge in [-0.15, -0.1) is 0 Å². The largest absolute Gasteiger partial charge is 0.481 e.